The zero-order valence-electron chi connectivity index (χ0n) is 16.7. The highest BCUT2D eigenvalue weighted by Crippen LogP contribution is 2.18. The van der Waals surface area contributed by atoms with Crippen LogP contribution in [0.5, 0.6) is 5.75 Å². The monoisotopic (exact) mass is 402 g/mol. The van der Waals surface area contributed by atoms with Crippen LogP contribution in [0.25, 0.3) is 0 Å². The number of nitrogens with one attached hydrogen (secondary N) is 1. The van der Waals surface area contributed by atoms with Crippen molar-refractivity contribution in [2.75, 3.05) is 26.0 Å². The normalized spacial score (nSPS) is 11.3. The van der Waals surface area contributed by atoms with Gasteiger partial charge < -0.3 is 19.7 Å². The Labute approximate surface area is 168 Å². The van der Waals surface area contributed by atoms with Crippen molar-refractivity contribution in [2.45, 2.75) is 20.0 Å². The molecule has 2 aromatic rings. The Morgan fingerprint density at radius 2 is 1.79 bits per heavy atom. The predicted octanol–water partition coefficient (Wildman–Crippen LogP) is 2.79. The first-order valence-corrected chi connectivity index (χ1v) is 8.87. The molecule has 0 radical (unpaired) electrons. The van der Waals surface area contributed by atoms with Gasteiger partial charge in [0.25, 0.3) is 5.91 Å². The molecule has 0 aliphatic rings. The third-order valence-corrected chi connectivity index (χ3v) is 4.11. The molecule has 1 atom stereocenters. The average Bonchev–Trinajstić information content (AvgIpc) is 2.68. The largest absolute Gasteiger partial charge is 0.494 e. The van der Waals surface area contributed by atoms with Crippen LogP contribution in [0.1, 0.15) is 22.8 Å². The second-order valence-electron chi connectivity index (χ2n) is 6.51. The van der Waals surface area contributed by atoms with Crippen molar-refractivity contribution in [1.29, 1.82) is 0 Å². The van der Waals surface area contributed by atoms with E-state index in [1.165, 1.54) is 33.2 Å². The maximum atomic E-state index is 13.7. The zero-order valence-corrected chi connectivity index (χ0v) is 16.7. The van der Waals surface area contributed by atoms with Crippen LogP contribution in [0.4, 0.5) is 10.1 Å². The number of carbonyl (C=O) groups excluding carboxylic acids is 3. The number of ether oxygens (including phenoxy) is 2. The summed E-state index contributed by atoms with van der Waals surface area (Å²) in [5.41, 5.74) is 1.62. The van der Waals surface area contributed by atoms with Crippen molar-refractivity contribution < 1.29 is 28.2 Å². The smallest absolute Gasteiger partial charge is 0.339 e. The highest BCUT2D eigenvalue weighted by molar-refractivity contribution is 5.96. The molecule has 154 valence electrons. The molecule has 0 fully saturated rings. The Balaban J connectivity index is 1.90. The van der Waals surface area contributed by atoms with Gasteiger partial charge in [0.15, 0.2) is 17.7 Å². The van der Waals surface area contributed by atoms with Gasteiger partial charge in [-0.15, -0.1) is 0 Å². The molecular formula is C21H23FN2O5. The van der Waals surface area contributed by atoms with Gasteiger partial charge in [-0.05, 0) is 44.2 Å². The molecule has 2 amide bonds. The fourth-order valence-electron chi connectivity index (χ4n) is 2.51. The van der Waals surface area contributed by atoms with E-state index in [4.69, 9.17) is 9.47 Å². The topological polar surface area (TPSA) is 84.9 Å². The third kappa shape index (κ3) is 6.03. The maximum absolute atomic E-state index is 13.7. The van der Waals surface area contributed by atoms with Crippen molar-refractivity contribution in [1.82, 2.24) is 4.90 Å². The number of carbonyl (C=O) groups is 3. The fraction of sp³-hybridized carbons (Fsp3) is 0.286. The molecule has 7 nitrogen and oxygen atoms in total. The van der Waals surface area contributed by atoms with Crippen LogP contribution in [-0.2, 0) is 14.3 Å². The standard InChI is InChI=1S/C21H23FN2O5/c1-13-5-8-16(9-6-13)23-19(25)12-24(3)20(26)14(2)29-21(27)15-7-10-18(28-4)17(22)11-15/h5-11,14H,12H2,1-4H3,(H,23,25)/t14-/m0/s1. The number of hydrogen-bond acceptors (Lipinski definition) is 5. The number of halogens is 1. The summed E-state index contributed by atoms with van der Waals surface area (Å²) in [7, 11) is 2.73. The molecule has 0 bridgehead atoms. The molecule has 1 N–H and O–H groups in total. The second-order valence-corrected chi connectivity index (χ2v) is 6.51. The molecule has 8 heteroatoms. The summed E-state index contributed by atoms with van der Waals surface area (Å²) in [6.07, 6.45) is -1.15. The SMILES string of the molecule is COc1ccc(C(=O)O[C@@H](C)C(=O)N(C)CC(=O)Nc2ccc(C)cc2)cc1F. The molecular weight excluding hydrogens is 379 g/mol. The van der Waals surface area contributed by atoms with E-state index < -0.39 is 23.8 Å². The molecule has 0 saturated carbocycles. The lowest BCUT2D eigenvalue weighted by molar-refractivity contribution is -0.140. The predicted molar refractivity (Wildman–Crippen MR) is 105 cm³/mol. The van der Waals surface area contributed by atoms with Gasteiger partial charge in [-0.25, -0.2) is 9.18 Å². The van der Waals surface area contributed by atoms with Gasteiger partial charge in [-0.2, -0.15) is 0 Å². The number of hydrogen-bond donors (Lipinski definition) is 1. The molecule has 0 aliphatic heterocycles. The minimum atomic E-state index is -1.15. The molecule has 2 aromatic carbocycles. The number of benzene rings is 2. The molecule has 0 aliphatic carbocycles. The van der Waals surface area contributed by atoms with Gasteiger partial charge in [-0.1, -0.05) is 17.7 Å². The molecule has 0 heterocycles. The third-order valence-electron chi connectivity index (χ3n) is 4.11. The summed E-state index contributed by atoms with van der Waals surface area (Å²) in [6, 6.07) is 10.8. The molecule has 0 unspecified atom stereocenters. The van der Waals surface area contributed by atoms with E-state index in [0.29, 0.717) is 5.69 Å². The van der Waals surface area contributed by atoms with Gasteiger partial charge in [0, 0.05) is 12.7 Å². The molecule has 2 rings (SSSR count). The Kier molecular flexibility index (Phi) is 7.30. The van der Waals surface area contributed by atoms with E-state index in [1.807, 2.05) is 19.1 Å². The van der Waals surface area contributed by atoms with E-state index >= 15 is 0 Å². The van der Waals surface area contributed by atoms with Crippen molar-refractivity contribution in [2.24, 2.45) is 0 Å². The summed E-state index contributed by atoms with van der Waals surface area (Å²) < 4.78 is 23.6. The molecule has 0 saturated heterocycles. The lowest BCUT2D eigenvalue weighted by Gasteiger charge is -2.21. The Morgan fingerprint density at radius 1 is 1.14 bits per heavy atom. The average molecular weight is 402 g/mol. The Hall–Kier alpha value is -3.42. The summed E-state index contributed by atoms with van der Waals surface area (Å²) in [5.74, 6) is -2.53. The van der Waals surface area contributed by atoms with Gasteiger partial charge in [0.1, 0.15) is 0 Å². The summed E-state index contributed by atoms with van der Waals surface area (Å²) >= 11 is 0. The highest BCUT2D eigenvalue weighted by Gasteiger charge is 2.24. The summed E-state index contributed by atoms with van der Waals surface area (Å²) in [6.45, 7) is 3.10. The van der Waals surface area contributed by atoms with Gasteiger partial charge in [-0.3, -0.25) is 9.59 Å². The van der Waals surface area contributed by atoms with Crippen LogP contribution in [0.2, 0.25) is 0 Å². The molecule has 0 aromatic heterocycles. The fourth-order valence-corrected chi connectivity index (χ4v) is 2.51. The van der Waals surface area contributed by atoms with Gasteiger partial charge in [0.05, 0.1) is 19.2 Å². The maximum Gasteiger partial charge on any atom is 0.339 e. The number of amides is 2. The number of rotatable bonds is 7. The zero-order chi connectivity index (χ0) is 21.6. The molecule has 0 spiro atoms. The highest BCUT2D eigenvalue weighted by atomic mass is 19.1. The van der Waals surface area contributed by atoms with E-state index in [2.05, 4.69) is 5.32 Å². The van der Waals surface area contributed by atoms with E-state index in [0.717, 1.165) is 16.5 Å². The lowest BCUT2D eigenvalue weighted by atomic mass is 10.2. The lowest BCUT2D eigenvalue weighted by Crippen LogP contribution is -2.41. The Morgan fingerprint density at radius 3 is 2.38 bits per heavy atom. The van der Waals surface area contributed by atoms with Gasteiger partial charge in [0.2, 0.25) is 5.91 Å². The quantitative estimate of drug-likeness (QED) is 0.720. The minimum Gasteiger partial charge on any atom is -0.494 e. The number of aryl methyl sites for hydroxylation is 1. The first-order valence-electron chi connectivity index (χ1n) is 8.87. The van der Waals surface area contributed by atoms with Crippen LogP contribution >= 0.6 is 0 Å². The Bertz CT molecular complexity index is 898. The van der Waals surface area contributed by atoms with Crippen LogP contribution < -0.4 is 10.1 Å². The van der Waals surface area contributed by atoms with E-state index in [9.17, 15) is 18.8 Å². The molecule has 29 heavy (non-hydrogen) atoms. The van der Waals surface area contributed by atoms with Crippen LogP contribution in [0.15, 0.2) is 42.5 Å². The number of anilines is 1. The number of likely N-dealkylation sites (N-methyl/N-ethyl adjacent to an activating group) is 1. The minimum absolute atomic E-state index is 0.00926. The van der Waals surface area contributed by atoms with E-state index in [-0.39, 0.29) is 23.8 Å². The van der Waals surface area contributed by atoms with Crippen LogP contribution in [0, 0.1) is 12.7 Å². The summed E-state index contributed by atoms with van der Waals surface area (Å²) in [5, 5.41) is 2.68. The van der Waals surface area contributed by atoms with E-state index in [1.54, 1.807) is 12.1 Å². The van der Waals surface area contributed by atoms with Gasteiger partial charge >= 0.3 is 5.97 Å². The van der Waals surface area contributed by atoms with Crippen LogP contribution in [0.3, 0.4) is 0 Å². The van der Waals surface area contributed by atoms with Crippen molar-refractivity contribution in [3.05, 3.63) is 59.4 Å². The number of nitrogens with zero attached hydrogens (tertiary/aromatic N) is 1. The second kappa shape index (κ2) is 9.68. The number of esters is 1. The number of methoxy groups -OCH3 is 1. The van der Waals surface area contributed by atoms with Crippen molar-refractivity contribution >= 4 is 23.5 Å². The van der Waals surface area contributed by atoms with Crippen molar-refractivity contribution in [3.8, 4) is 5.75 Å². The first kappa shape index (κ1) is 21.9. The first-order chi connectivity index (χ1) is 13.7. The van der Waals surface area contributed by atoms with Crippen LogP contribution in [-0.4, -0.2) is 49.5 Å². The van der Waals surface area contributed by atoms with Crippen molar-refractivity contribution in [3.63, 3.8) is 0 Å². The summed E-state index contributed by atoms with van der Waals surface area (Å²) in [4.78, 5) is 37.8.